The third-order valence-electron chi connectivity index (χ3n) is 2.40. The van der Waals surface area contributed by atoms with E-state index in [1.54, 1.807) is 0 Å². The van der Waals surface area contributed by atoms with Crippen molar-refractivity contribution in [2.45, 2.75) is 26.2 Å². The molecular weight excluding hydrogens is 158 g/mol. The molecule has 1 heterocycles. The number of fused-ring (bicyclic) bond motifs is 1. The van der Waals surface area contributed by atoms with Gasteiger partial charge in [-0.3, -0.25) is 0 Å². The van der Waals surface area contributed by atoms with E-state index in [0.717, 1.165) is 0 Å². The molecule has 2 rings (SSSR count). The van der Waals surface area contributed by atoms with Crippen LogP contribution in [0, 0.1) is 0 Å². The first kappa shape index (κ1) is 8.36. The van der Waals surface area contributed by atoms with Crippen LogP contribution in [-0.2, 0) is 5.41 Å². The fourth-order valence-corrected chi connectivity index (χ4v) is 1.74. The number of nitrogens with one attached hydrogen (secondary N) is 1. The molecule has 0 atom stereocenters. The highest BCUT2D eigenvalue weighted by Crippen LogP contribution is 2.28. The smallest absolute Gasteiger partial charge is 0.0456 e. The van der Waals surface area contributed by atoms with E-state index in [4.69, 9.17) is 0 Å². The Morgan fingerprint density at radius 2 is 1.92 bits per heavy atom. The molecule has 0 unspecified atom stereocenters. The molecule has 0 amide bonds. The van der Waals surface area contributed by atoms with E-state index in [9.17, 15) is 0 Å². The van der Waals surface area contributed by atoms with Gasteiger partial charge in [-0.1, -0.05) is 32.9 Å². The molecule has 0 bridgehead atoms. The van der Waals surface area contributed by atoms with E-state index in [0.29, 0.717) is 0 Å². The van der Waals surface area contributed by atoms with Gasteiger partial charge >= 0.3 is 0 Å². The highest BCUT2D eigenvalue weighted by atomic mass is 14.7. The standard InChI is InChI=1S/C12H15N.H2/c1-12(2,3)10-5-4-6-11-9(10)7-8-13-11;/h4-8,13H,1-3H3;1H. The Bertz CT molecular complexity index is 423. The number of hydrogen-bond acceptors (Lipinski definition) is 0. The summed E-state index contributed by atoms with van der Waals surface area (Å²) in [6.07, 6.45) is 2.00. The molecule has 0 radical (unpaired) electrons. The third-order valence-corrected chi connectivity index (χ3v) is 2.40. The second-order valence-electron chi connectivity index (χ2n) is 4.49. The van der Waals surface area contributed by atoms with Gasteiger partial charge in [-0.25, -0.2) is 0 Å². The van der Waals surface area contributed by atoms with Crippen LogP contribution in [0.1, 0.15) is 27.8 Å². The van der Waals surface area contributed by atoms with Crippen molar-refractivity contribution in [3.8, 4) is 0 Å². The maximum atomic E-state index is 3.23. The Balaban J connectivity index is 0.000000980. The molecule has 0 saturated heterocycles. The summed E-state index contributed by atoms with van der Waals surface area (Å²) in [5.41, 5.74) is 2.86. The van der Waals surface area contributed by atoms with Gasteiger partial charge < -0.3 is 4.98 Å². The van der Waals surface area contributed by atoms with Crippen LogP contribution in [0.25, 0.3) is 10.9 Å². The highest BCUT2D eigenvalue weighted by molar-refractivity contribution is 5.83. The average Bonchev–Trinajstić information content (AvgIpc) is 2.48. The Labute approximate surface area is 80.3 Å². The van der Waals surface area contributed by atoms with Gasteiger partial charge in [0.1, 0.15) is 0 Å². The summed E-state index contributed by atoms with van der Waals surface area (Å²) in [6, 6.07) is 8.58. The van der Waals surface area contributed by atoms with Crippen molar-refractivity contribution in [3.05, 3.63) is 36.0 Å². The van der Waals surface area contributed by atoms with Crippen LogP contribution in [-0.4, -0.2) is 4.98 Å². The fourth-order valence-electron chi connectivity index (χ4n) is 1.74. The number of rotatable bonds is 0. The van der Waals surface area contributed by atoms with Crippen molar-refractivity contribution < 1.29 is 1.43 Å². The first-order chi connectivity index (χ1) is 6.09. The van der Waals surface area contributed by atoms with Crippen LogP contribution >= 0.6 is 0 Å². The minimum absolute atomic E-state index is 0. The van der Waals surface area contributed by atoms with Crippen LogP contribution in [0.3, 0.4) is 0 Å². The van der Waals surface area contributed by atoms with E-state index in [2.05, 4.69) is 50.0 Å². The lowest BCUT2D eigenvalue weighted by atomic mass is 9.85. The lowest BCUT2D eigenvalue weighted by Gasteiger charge is -2.19. The molecule has 0 aliphatic carbocycles. The fraction of sp³-hybridized carbons (Fsp3) is 0.333. The lowest BCUT2D eigenvalue weighted by molar-refractivity contribution is 0.596. The van der Waals surface area contributed by atoms with Crippen molar-refractivity contribution >= 4 is 10.9 Å². The zero-order valence-electron chi connectivity index (χ0n) is 8.39. The molecule has 1 N–H and O–H groups in total. The number of aromatic nitrogens is 1. The lowest BCUT2D eigenvalue weighted by Crippen LogP contribution is -2.10. The number of aromatic amines is 1. The van der Waals surface area contributed by atoms with Crippen molar-refractivity contribution in [1.82, 2.24) is 4.98 Å². The molecule has 0 spiro atoms. The highest BCUT2D eigenvalue weighted by Gasteiger charge is 2.16. The molecule has 1 aromatic heterocycles. The van der Waals surface area contributed by atoms with Crippen LogP contribution < -0.4 is 0 Å². The van der Waals surface area contributed by atoms with E-state index < -0.39 is 0 Å². The van der Waals surface area contributed by atoms with Crippen LogP contribution in [0.5, 0.6) is 0 Å². The van der Waals surface area contributed by atoms with Gasteiger partial charge in [-0.05, 0) is 23.1 Å². The maximum absolute atomic E-state index is 3.23. The minimum Gasteiger partial charge on any atom is -0.361 e. The summed E-state index contributed by atoms with van der Waals surface area (Å²) in [4.78, 5) is 3.23. The van der Waals surface area contributed by atoms with Crippen LogP contribution in [0.15, 0.2) is 30.5 Å². The molecule has 0 aliphatic heterocycles. The number of hydrogen-bond donors (Lipinski definition) is 1. The molecule has 70 valence electrons. The van der Waals surface area contributed by atoms with Gasteiger partial charge in [0.15, 0.2) is 0 Å². The topological polar surface area (TPSA) is 15.8 Å². The largest absolute Gasteiger partial charge is 0.361 e. The predicted molar refractivity (Wildman–Crippen MR) is 59.1 cm³/mol. The van der Waals surface area contributed by atoms with Crippen LogP contribution in [0.4, 0.5) is 0 Å². The average molecular weight is 175 g/mol. The van der Waals surface area contributed by atoms with Gasteiger partial charge in [0.2, 0.25) is 0 Å². The molecule has 2 aromatic rings. The Kier molecular flexibility index (Phi) is 1.69. The van der Waals surface area contributed by atoms with Crippen molar-refractivity contribution in [3.63, 3.8) is 0 Å². The van der Waals surface area contributed by atoms with Gasteiger partial charge in [0.05, 0.1) is 0 Å². The number of benzene rings is 1. The zero-order valence-corrected chi connectivity index (χ0v) is 8.39. The van der Waals surface area contributed by atoms with Crippen molar-refractivity contribution in [1.29, 1.82) is 0 Å². The molecule has 0 fully saturated rings. The monoisotopic (exact) mass is 175 g/mol. The summed E-state index contributed by atoms with van der Waals surface area (Å²) < 4.78 is 0. The predicted octanol–water partition coefficient (Wildman–Crippen LogP) is 3.71. The van der Waals surface area contributed by atoms with Crippen molar-refractivity contribution in [2.75, 3.05) is 0 Å². The molecule has 0 saturated carbocycles. The molecule has 1 heteroatoms. The summed E-state index contributed by atoms with van der Waals surface area (Å²) >= 11 is 0. The molecule has 1 aromatic carbocycles. The van der Waals surface area contributed by atoms with E-state index in [-0.39, 0.29) is 6.84 Å². The van der Waals surface area contributed by atoms with Gasteiger partial charge in [0, 0.05) is 18.5 Å². The second kappa shape index (κ2) is 2.63. The molecule has 13 heavy (non-hydrogen) atoms. The summed E-state index contributed by atoms with van der Waals surface area (Å²) in [6.45, 7) is 6.73. The second-order valence-corrected chi connectivity index (χ2v) is 4.49. The first-order valence-corrected chi connectivity index (χ1v) is 4.65. The summed E-state index contributed by atoms with van der Waals surface area (Å²) in [7, 11) is 0. The summed E-state index contributed by atoms with van der Waals surface area (Å²) in [5.74, 6) is 0. The number of H-pyrrole nitrogens is 1. The Morgan fingerprint density at radius 1 is 1.15 bits per heavy atom. The normalized spacial score (nSPS) is 12.2. The maximum Gasteiger partial charge on any atom is 0.0456 e. The van der Waals surface area contributed by atoms with Crippen molar-refractivity contribution in [2.24, 2.45) is 0 Å². The molecular formula is C12H17N. The summed E-state index contributed by atoms with van der Waals surface area (Å²) in [5, 5.41) is 1.34. The quantitative estimate of drug-likeness (QED) is 0.628. The SMILES string of the molecule is CC(C)(C)c1cccc2[nH]ccc12.[HH]. The Morgan fingerprint density at radius 3 is 2.62 bits per heavy atom. The Hall–Kier alpha value is -1.24. The van der Waals surface area contributed by atoms with Crippen LogP contribution in [0.2, 0.25) is 0 Å². The molecule has 1 nitrogen and oxygen atoms in total. The van der Waals surface area contributed by atoms with Gasteiger partial charge in [-0.2, -0.15) is 0 Å². The third kappa shape index (κ3) is 1.35. The van der Waals surface area contributed by atoms with Gasteiger partial charge in [0.25, 0.3) is 0 Å². The van der Waals surface area contributed by atoms with E-state index >= 15 is 0 Å². The minimum atomic E-state index is 0. The van der Waals surface area contributed by atoms with E-state index in [1.165, 1.54) is 16.5 Å². The first-order valence-electron chi connectivity index (χ1n) is 4.65. The zero-order chi connectivity index (χ0) is 9.47. The molecule has 0 aliphatic rings. The van der Waals surface area contributed by atoms with Gasteiger partial charge in [-0.15, -0.1) is 0 Å². The van der Waals surface area contributed by atoms with E-state index in [1.807, 2.05) is 6.20 Å².